The quantitative estimate of drug-likeness (QED) is 0.802. The molecule has 0 aromatic heterocycles. The molecule has 1 fully saturated rings. The first-order valence-corrected chi connectivity index (χ1v) is 6.64. The molecule has 0 bridgehead atoms. The molecule has 0 amide bonds. The van der Waals surface area contributed by atoms with Gasteiger partial charge < -0.3 is 9.84 Å². The maximum Gasteiger partial charge on any atom is 0.104 e. The van der Waals surface area contributed by atoms with Gasteiger partial charge in [-0.1, -0.05) is 19.8 Å². The summed E-state index contributed by atoms with van der Waals surface area (Å²) >= 11 is 0. The summed E-state index contributed by atoms with van der Waals surface area (Å²) in [6.45, 7) is 4.17. The predicted molar refractivity (Wildman–Crippen MR) is 67.4 cm³/mol. The maximum atomic E-state index is 10.5. The van der Waals surface area contributed by atoms with Gasteiger partial charge in [0.25, 0.3) is 0 Å². The molecule has 0 aliphatic heterocycles. The van der Waals surface area contributed by atoms with Crippen LogP contribution >= 0.6 is 0 Å². The molecule has 1 aliphatic rings. The molecule has 1 saturated carbocycles. The van der Waals surface area contributed by atoms with Crippen LogP contribution in [0.25, 0.3) is 0 Å². The third-order valence-corrected chi connectivity index (χ3v) is 4.33. The van der Waals surface area contributed by atoms with E-state index < -0.39 is 11.0 Å². The number of nitrogens with zero attached hydrogens (tertiary/aromatic N) is 1. The minimum Gasteiger partial charge on any atom is -0.386 e. The van der Waals surface area contributed by atoms with Crippen LogP contribution in [0.2, 0.25) is 0 Å². The van der Waals surface area contributed by atoms with Crippen LogP contribution in [0.1, 0.15) is 52.4 Å². The Labute approximate surface area is 105 Å². The molecule has 1 unspecified atom stereocenters. The highest BCUT2D eigenvalue weighted by molar-refractivity contribution is 5.11. The minimum atomic E-state index is -1.03. The van der Waals surface area contributed by atoms with Crippen molar-refractivity contribution in [3.05, 3.63) is 0 Å². The maximum absolute atomic E-state index is 10.5. The van der Waals surface area contributed by atoms with Crippen LogP contribution in [0, 0.1) is 22.7 Å². The number of rotatable bonds is 5. The first-order valence-electron chi connectivity index (χ1n) is 6.64. The van der Waals surface area contributed by atoms with Crippen molar-refractivity contribution < 1.29 is 9.84 Å². The summed E-state index contributed by atoms with van der Waals surface area (Å²) in [5.41, 5.74) is -1.65. The topological polar surface area (TPSA) is 53.2 Å². The summed E-state index contributed by atoms with van der Waals surface area (Å²) in [6.07, 6.45) is 6.16. The van der Waals surface area contributed by atoms with Gasteiger partial charge in [-0.25, -0.2) is 0 Å². The predicted octanol–water partition coefficient (Wildman–Crippen LogP) is 2.88. The van der Waals surface area contributed by atoms with Crippen molar-refractivity contribution in [2.45, 2.75) is 58.0 Å². The van der Waals surface area contributed by atoms with Gasteiger partial charge >= 0.3 is 0 Å². The fraction of sp³-hybridized carbons (Fsp3) is 0.929. The molecule has 17 heavy (non-hydrogen) atoms. The zero-order valence-electron chi connectivity index (χ0n) is 11.3. The van der Waals surface area contributed by atoms with E-state index in [0.29, 0.717) is 0 Å². The zero-order valence-corrected chi connectivity index (χ0v) is 11.3. The third kappa shape index (κ3) is 3.00. The van der Waals surface area contributed by atoms with Crippen molar-refractivity contribution in [3.63, 3.8) is 0 Å². The van der Waals surface area contributed by atoms with Crippen molar-refractivity contribution in [2.24, 2.45) is 11.3 Å². The fourth-order valence-electron chi connectivity index (χ4n) is 3.06. The van der Waals surface area contributed by atoms with Crippen LogP contribution in [0.4, 0.5) is 0 Å². The number of hydrogen-bond acceptors (Lipinski definition) is 3. The summed E-state index contributed by atoms with van der Waals surface area (Å²) < 4.78 is 5.06. The van der Waals surface area contributed by atoms with Crippen LogP contribution in [-0.2, 0) is 4.74 Å². The summed E-state index contributed by atoms with van der Waals surface area (Å²) in [4.78, 5) is 0. The zero-order chi connectivity index (χ0) is 12.9. The lowest BCUT2D eigenvalue weighted by molar-refractivity contribution is -0.106. The summed E-state index contributed by atoms with van der Waals surface area (Å²) in [5.74, 6) is 0.736. The third-order valence-electron chi connectivity index (χ3n) is 4.33. The molecule has 3 heteroatoms. The molecular formula is C14H25NO2. The lowest BCUT2D eigenvalue weighted by Crippen LogP contribution is -2.50. The fourth-order valence-corrected chi connectivity index (χ4v) is 3.06. The molecule has 3 nitrogen and oxygen atoms in total. The first kappa shape index (κ1) is 14.5. The van der Waals surface area contributed by atoms with Gasteiger partial charge in [-0.3, -0.25) is 0 Å². The smallest absolute Gasteiger partial charge is 0.104 e. The molecule has 0 heterocycles. The Balaban J connectivity index is 2.71. The highest BCUT2D eigenvalue weighted by atomic mass is 16.5. The largest absolute Gasteiger partial charge is 0.386 e. The second kappa shape index (κ2) is 5.84. The minimum absolute atomic E-state index is 0.235. The van der Waals surface area contributed by atoms with Crippen molar-refractivity contribution in [2.75, 3.05) is 13.7 Å². The van der Waals surface area contributed by atoms with Crippen molar-refractivity contribution in [3.8, 4) is 6.07 Å². The monoisotopic (exact) mass is 239 g/mol. The van der Waals surface area contributed by atoms with Gasteiger partial charge in [-0.05, 0) is 38.5 Å². The van der Waals surface area contributed by atoms with E-state index in [1.807, 2.05) is 0 Å². The van der Waals surface area contributed by atoms with Crippen LogP contribution in [-0.4, -0.2) is 24.4 Å². The number of methoxy groups -OCH3 is 1. The van der Waals surface area contributed by atoms with Gasteiger partial charge in [0, 0.05) is 7.11 Å². The van der Waals surface area contributed by atoms with Gasteiger partial charge in [-0.2, -0.15) is 5.26 Å². The number of hydrogen-bond donors (Lipinski definition) is 1. The summed E-state index contributed by atoms with van der Waals surface area (Å²) in [5, 5.41) is 19.9. The average molecular weight is 239 g/mol. The van der Waals surface area contributed by atoms with Gasteiger partial charge in [0.05, 0.1) is 18.1 Å². The van der Waals surface area contributed by atoms with E-state index in [1.165, 1.54) is 12.8 Å². The molecule has 0 aromatic rings. The Morgan fingerprint density at radius 3 is 2.47 bits per heavy atom. The number of aliphatic hydroxyl groups is 1. The van der Waals surface area contributed by atoms with Gasteiger partial charge in [0.1, 0.15) is 5.60 Å². The Morgan fingerprint density at radius 2 is 2.06 bits per heavy atom. The average Bonchev–Trinajstić information content (AvgIpc) is 2.30. The van der Waals surface area contributed by atoms with E-state index in [1.54, 1.807) is 14.0 Å². The van der Waals surface area contributed by atoms with E-state index in [9.17, 15) is 10.4 Å². The Bertz CT molecular complexity index is 272. The second-order valence-electron chi connectivity index (χ2n) is 5.63. The molecule has 1 atom stereocenters. The Hall–Kier alpha value is -0.590. The first-order chi connectivity index (χ1) is 8.01. The van der Waals surface area contributed by atoms with Crippen molar-refractivity contribution in [1.29, 1.82) is 5.26 Å². The Morgan fingerprint density at radius 1 is 1.47 bits per heavy atom. The molecule has 0 aromatic carbocycles. The lowest BCUT2D eigenvalue weighted by Gasteiger charge is -2.44. The molecule has 1 aliphatic carbocycles. The summed E-state index contributed by atoms with van der Waals surface area (Å²) in [7, 11) is 1.57. The highest BCUT2D eigenvalue weighted by Gasteiger charge is 2.49. The molecule has 0 saturated heterocycles. The molecule has 98 valence electrons. The molecule has 0 radical (unpaired) electrons. The molecule has 1 rings (SSSR count). The van der Waals surface area contributed by atoms with E-state index in [-0.39, 0.29) is 6.61 Å². The summed E-state index contributed by atoms with van der Waals surface area (Å²) in [6, 6.07) is 2.38. The van der Waals surface area contributed by atoms with E-state index >= 15 is 0 Å². The molecule has 1 N–H and O–H groups in total. The second-order valence-corrected chi connectivity index (χ2v) is 5.63. The van der Waals surface area contributed by atoms with Gasteiger partial charge in [0.2, 0.25) is 0 Å². The normalized spacial score (nSPS) is 32.8. The number of ether oxygens (including phenoxy) is 1. The van der Waals surface area contributed by atoms with E-state index in [0.717, 1.165) is 31.6 Å². The molecular weight excluding hydrogens is 214 g/mol. The standard InChI is InChI=1S/C14H25NO2/c1-4-5-12-6-8-14(10-15,9-7-12)13(2,16)11-17-3/h12,16H,4-9,11H2,1-3H3. The lowest BCUT2D eigenvalue weighted by atomic mass is 9.62. The van der Waals surface area contributed by atoms with Gasteiger partial charge in [-0.15, -0.1) is 0 Å². The van der Waals surface area contributed by atoms with Crippen molar-refractivity contribution in [1.82, 2.24) is 0 Å². The van der Waals surface area contributed by atoms with Crippen molar-refractivity contribution >= 4 is 0 Å². The van der Waals surface area contributed by atoms with Crippen LogP contribution < -0.4 is 0 Å². The Kier molecular flexibility index (Phi) is 4.97. The highest BCUT2D eigenvalue weighted by Crippen LogP contribution is 2.47. The SMILES string of the molecule is CCCC1CCC(C#N)(C(C)(O)COC)CC1. The van der Waals surface area contributed by atoms with Crippen LogP contribution in [0.5, 0.6) is 0 Å². The van der Waals surface area contributed by atoms with Crippen LogP contribution in [0.3, 0.4) is 0 Å². The number of nitriles is 1. The van der Waals surface area contributed by atoms with Gasteiger partial charge in [0.15, 0.2) is 0 Å². The van der Waals surface area contributed by atoms with E-state index in [4.69, 9.17) is 4.74 Å². The van der Waals surface area contributed by atoms with Crippen LogP contribution in [0.15, 0.2) is 0 Å². The van der Waals surface area contributed by atoms with E-state index in [2.05, 4.69) is 13.0 Å². The molecule has 0 spiro atoms.